The van der Waals surface area contributed by atoms with Crippen molar-refractivity contribution in [3.63, 3.8) is 0 Å². The summed E-state index contributed by atoms with van der Waals surface area (Å²) >= 11 is 0. The third-order valence-corrected chi connectivity index (χ3v) is 2.99. The van der Waals surface area contributed by atoms with Gasteiger partial charge in [-0.25, -0.2) is 0 Å². The van der Waals surface area contributed by atoms with Crippen LogP contribution in [0.1, 0.15) is 29.8 Å². The van der Waals surface area contributed by atoms with Gasteiger partial charge in [0.25, 0.3) is 0 Å². The minimum atomic E-state index is 0.263. The van der Waals surface area contributed by atoms with Crippen LogP contribution in [0.15, 0.2) is 36.8 Å². The number of nitriles is 1. The van der Waals surface area contributed by atoms with Gasteiger partial charge in [-0.1, -0.05) is 0 Å². The van der Waals surface area contributed by atoms with Gasteiger partial charge < -0.3 is 9.88 Å². The molecule has 1 unspecified atom stereocenters. The van der Waals surface area contributed by atoms with Gasteiger partial charge in [0, 0.05) is 38.2 Å². The zero-order valence-electron chi connectivity index (χ0n) is 10.6. The second-order valence-electron chi connectivity index (χ2n) is 4.34. The van der Waals surface area contributed by atoms with Crippen LogP contribution in [0.5, 0.6) is 0 Å². The monoisotopic (exact) mass is 240 g/mol. The zero-order chi connectivity index (χ0) is 13.0. The Balaban J connectivity index is 1.97. The largest absolute Gasteiger partial charge is 0.342 e. The summed E-state index contributed by atoms with van der Waals surface area (Å²) in [6.45, 7) is 2.86. The maximum absolute atomic E-state index is 8.89. The molecule has 92 valence electrons. The molecule has 2 heterocycles. The Kier molecular flexibility index (Phi) is 3.75. The number of nitrogens with zero attached hydrogens (tertiary/aromatic N) is 3. The van der Waals surface area contributed by atoms with Crippen molar-refractivity contribution in [1.29, 1.82) is 5.26 Å². The van der Waals surface area contributed by atoms with Crippen molar-refractivity contribution in [1.82, 2.24) is 14.9 Å². The molecule has 0 saturated carbocycles. The Morgan fingerprint density at radius 3 is 2.78 bits per heavy atom. The molecule has 4 heteroatoms. The van der Waals surface area contributed by atoms with Crippen molar-refractivity contribution in [2.75, 3.05) is 0 Å². The van der Waals surface area contributed by atoms with Gasteiger partial charge in [0.1, 0.15) is 11.8 Å². The molecule has 0 aliphatic rings. The fraction of sp³-hybridized carbons (Fsp3) is 0.286. The molecular formula is C14H16N4. The van der Waals surface area contributed by atoms with Crippen molar-refractivity contribution >= 4 is 0 Å². The van der Waals surface area contributed by atoms with E-state index in [1.807, 2.05) is 36.0 Å². The van der Waals surface area contributed by atoms with E-state index in [0.29, 0.717) is 5.69 Å². The van der Waals surface area contributed by atoms with Crippen LogP contribution in [-0.2, 0) is 13.6 Å². The van der Waals surface area contributed by atoms with Crippen molar-refractivity contribution in [2.24, 2.45) is 7.05 Å². The van der Waals surface area contributed by atoms with E-state index in [2.05, 4.69) is 23.3 Å². The minimum absolute atomic E-state index is 0.263. The van der Waals surface area contributed by atoms with E-state index in [0.717, 1.165) is 12.1 Å². The smallest absolute Gasteiger partial charge is 0.120 e. The number of hydrogen-bond donors (Lipinski definition) is 1. The van der Waals surface area contributed by atoms with Crippen molar-refractivity contribution in [2.45, 2.75) is 19.5 Å². The number of rotatable bonds is 4. The summed E-state index contributed by atoms with van der Waals surface area (Å²) in [5.74, 6) is 0. The van der Waals surface area contributed by atoms with Crippen molar-refractivity contribution < 1.29 is 0 Å². The molecule has 0 aliphatic carbocycles. The lowest BCUT2D eigenvalue weighted by molar-refractivity contribution is 0.574. The first-order chi connectivity index (χ1) is 8.70. The van der Waals surface area contributed by atoms with E-state index in [1.165, 1.54) is 5.56 Å². The molecule has 1 atom stereocenters. The maximum atomic E-state index is 8.89. The van der Waals surface area contributed by atoms with Crippen LogP contribution in [-0.4, -0.2) is 9.55 Å². The van der Waals surface area contributed by atoms with Gasteiger partial charge in [0.05, 0.1) is 0 Å². The van der Waals surface area contributed by atoms with E-state index in [1.54, 1.807) is 12.4 Å². The van der Waals surface area contributed by atoms with Crippen molar-refractivity contribution in [3.05, 3.63) is 53.6 Å². The van der Waals surface area contributed by atoms with Gasteiger partial charge in [-0.15, -0.1) is 0 Å². The number of aromatic nitrogens is 2. The number of pyridine rings is 1. The fourth-order valence-corrected chi connectivity index (χ4v) is 1.88. The Morgan fingerprint density at radius 2 is 2.17 bits per heavy atom. The lowest BCUT2D eigenvalue weighted by Crippen LogP contribution is -2.17. The highest BCUT2D eigenvalue weighted by Gasteiger charge is 2.06. The first kappa shape index (κ1) is 12.3. The standard InChI is InChI=1S/C14H16N4/c1-11(13-3-5-16-6-4-13)17-9-12-7-14(8-15)18(2)10-12/h3-7,10-11,17H,9H2,1-2H3. The Morgan fingerprint density at radius 1 is 1.44 bits per heavy atom. The second kappa shape index (κ2) is 5.48. The topological polar surface area (TPSA) is 53.6 Å². The molecule has 1 N–H and O–H groups in total. The molecule has 0 aromatic carbocycles. The molecule has 0 fully saturated rings. The van der Waals surface area contributed by atoms with Crippen LogP contribution >= 0.6 is 0 Å². The summed E-state index contributed by atoms with van der Waals surface area (Å²) in [5, 5.41) is 12.3. The van der Waals surface area contributed by atoms with Crippen LogP contribution in [0.4, 0.5) is 0 Å². The molecule has 2 rings (SSSR count). The minimum Gasteiger partial charge on any atom is -0.342 e. The number of nitrogens with one attached hydrogen (secondary N) is 1. The molecule has 0 saturated heterocycles. The van der Waals surface area contributed by atoms with Crippen LogP contribution in [0.25, 0.3) is 0 Å². The summed E-state index contributed by atoms with van der Waals surface area (Å²) in [4.78, 5) is 4.00. The SMILES string of the molecule is CC(NCc1cc(C#N)n(C)c1)c1ccncc1. The van der Waals surface area contributed by atoms with Crippen LogP contribution < -0.4 is 5.32 Å². The average Bonchev–Trinajstić information content (AvgIpc) is 2.77. The van der Waals surface area contributed by atoms with E-state index in [-0.39, 0.29) is 6.04 Å². The molecule has 0 spiro atoms. The highest BCUT2D eigenvalue weighted by atomic mass is 14.9. The van der Waals surface area contributed by atoms with Gasteiger partial charge >= 0.3 is 0 Å². The van der Waals surface area contributed by atoms with Gasteiger partial charge in [0.15, 0.2) is 0 Å². The highest BCUT2D eigenvalue weighted by Crippen LogP contribution is 2.12. The number of aryl methyl sites for hydroxylation is 1. The lowest BCUT2D eigenvalue weighted by atomic mass is 10.1. The summed E-state index contributed by atoms with van der Waals surface area (Å²) < 4.78 is 1.84. The zero-order valence-corrected chi connectivity index (χ0v) is 10.6. The van der Waals surface area contributed by atoms with Crippen LogP contribution in [0, 0.1) is 11.3 Å². The maximum Gasteiger partial charge on any atom is 0.120 e. The quantitative estimate of drug-likeness (QED) is 0.890. The molecule has 4 nitrogen and oxygen atoms in total. The lowest BCUT2D eigenvalue weighted by Gasteiger charge is -2.13. The number of hydrogen-bond acceptors (Lipinski definition) is 3. The van der Waals surface area contributed by atoms with Crippen molar-refractivity contribution in [3.8, 4) is 6.07 Å². The molecule has 18 heavy (non-hydrogen) atoms. The highest BCUT2D eigenvalue weighted by molar-refractivity contribution is 5.28. The predicted molar refractivity (Wildman–Crippen MR) is 69.6 cm³/mol. The Bertz CT molecular complexity index is 551. The van der Waals surface area contributed by atoms with E-state index >= 15 is 0 Å². The summed E-state index contributed by atoms with van der Waals surface area (Å²) in [6.07, 6.45) is 5.57. The van der Waals surface area contributed by atoms with Crippen LogP contribution in [0.2, 0.25) is 0 Å². The molecule has 0 bridgehead atoms. The fourth-order valence-electron chi connectivity index (χ4n) is 1.88. The Hall–Kier alpha value is -2.12. The summed E-state index contributed by atoms with van der Waals surface area (Å²) in [5.41, 5.74) is 3.01. The first-order valence-electron chi connectivity index (χ1n) is 5.89. The third kappa shape index (κ3) is 2.76. The van der Waals surface area contributed by atoms with Gasteiger partial charge in [-0.3, -0.25) is 4.98 Å². The average molecular weight is 240 g/mol. The second-order valence-corrected chi connectivity index (χ2v) is 4.34. The molecule has 0 aliphatic heterocycles. The van der Waals surface area contributed by atoms with E-state index < -0.39 is 0 Å². The van der Waals surface area contributed by atoms with Gasteiger partial charge in [-0.2, -0.15) is 5.26 Å². The summed E-state index contributed by atoms with van der Waals surface area (Å²) in [7, 11) is 1.88. The molecule has 0 radical (unpaired) electrons. The predicted octanol–water partition coefficient (Wildman–Crippen LogP) is 2.14. The summed E-state index contributed by atoms with van der Waals surface area (Å²) in [6, 6.07) is 8.34. The molecular weight excluding hydrogens is 224 g/mol. The Labute approximate surface area is 107 Å². The van der Waals surface area contributed by atoms with Gasteiger partial charge in [0.2, 0.25) is 0 Å². The normalized spacial score (nSPS) is 12.1. The molecule has 0 amide bonds. The van der Waals surface area contributed by atoms with Gasteiger partial charge in [-0.05, 0) is 36.2 Å². The third-order valence-electron chi connectivity index (χ3n) is 2.99. The molecule has 2 aromatic rings. The van der Waals surface area contributed by atoms with E-state index in [9.17, 15) is 0 Å². The van der Waals surface area contributed by atoms with E-state index in [4.69, 9.17) is 5.26 Å². The molecule has 2 aromatic heterocycles. The van der Waals surface area contributed by atoms with Crippen LogP contribution in [0.3, 0.4) is 0 Å². The first-order valence-corrected chi connectivity index (χ1v) is 5.89.